The summed E-state index contributed by atoms with van der Waals surface area (Å²) in [7, 11) is 0. The largest absolute Gasteiger partial charge is 0.481 e. The van der Waals surface area contributed by atoms with Gasteiger partial charge in [0.2, 0.25) is 4.77 Å². The lowest BCUT2D eigenvalue weighted by Gasteiger charge is -2.24. The fourth-order valence-electron chi connectivity index (χ4n) is 2.94. The zero-order valence-electron chi connectivity index (χ0n) is 14.3. The van der Waals surface area contributed by atoms with Crippen molar-refractivity contribution in [3.05, 3.63) is 36.8 Å². The molecule has 2 fully saturated rings. The van der Waals surface area contributed by atoms with Gasteiger partial charge >= 0.3 is 23.3 Å². The van der Waals surface area contributed by atoms with E-state index in [0.29, 0.717) is 11.2 Å². The highest BCUT2D eigenvalue weighted by Gasteiger charge is 2.59. The summed E-state index contributed by atoms with van der Waals surface area (Å²) in [4.78, 5) is 52.2. The van der Waals surface area contributed by atoms with Crippen molar-refractivity contribution in [1.82, 2.24) is 30.1 Å². The van der Waals surface area contributed by atoms with Crippen LogP contribution in [0.2, 0.25) is 0 Å². The van der Waals surface area contributed by atoms with E-state index in [1.54, 1.807) is 0 Å². The summed E-state index contributed by atoms with van der Waals surface area (Å²) in [6.45, 7) is 0. The van der Waals surface area contributed by atoms with Gasteiger partial charge in [-0.25, -0.2) is 14.6 Å². The normalized spacial score (nSPS) is 26.6. The number of carbonyl (C=O) groups is 2. The number of thiol groups is 1. The maximum Gasteiger partial charge on any atom is 0.329 e. The van der Waals surface area contributed by atoms with Crippen molar-refractivity contribution in [3.63, 3.8) is 0 Å². The highest BCUT2D eigenvalue weighted by molar-refractivity contribution is 7.81. The minimum Gasteiger partial charge on any atom is -0.481 e. The zero-order valence-corrected chi connectivity index (χ0v) is 16.8. The molecule has 29 heavy (non-hydrogen) atoms. The van der Waals surface area contributed by atoms with Crippen LogP contribution in [0.15, 0.2) is 15.9 Å². The number of H-pyrrole nitrogens is 5. The Bertz CT molecular complexity index is 992. The number of aromatic nitrogens is 6. The molecule has 4 rings (SSSR count). The molecule has 0 amide bonds. The first-order valence-corrected chi connectivity index (χ1v) is 9.23. The van der Waals surface area contributed by atoms with Gasteiger partial charge in [-0.05, 0) is 30.9 Å². The SMILES string of the molecule is O=C(O)C1C2CC(S)C(O2)C1C(=O)O.O=c1[nH]c(=O)[nH]c(=S)[nH]1.S=c1nc[nH][nH]1. The lowest BCUT2D eigenvalue weighted by molar-refractivity contribution is -0.153. The Kier molecular flexibility index (Phi) is 7.66. The number of carboxylic acid groups (broad SMARTS) is 2. The first-order valence-electron chi connectivity index (χ1n) is 7.90. The summed E-state index contributed by atoms with van der Waals surface area (Å²) in [5.41, 5.74) is -1.19. The Hall–Kier alpha value is -2.56. The highest BCUT2D eigenvalue weighted by atomic mass is 32.1. The summed E-state index contributed by atoms with van der Waals surface area (Å²) in [5, 5.41) is 22.8. The van der Waals surface area contributed by atoms with Crippen LogP contribution in [-0.2, 0) is 14.3 Å². The summed E-state index contributed by atoms with van der Waals surface area (Å²) < 4.78 is 5.82. The van der Waals surface area contributed by atoms with Gasteiger partial charge in [-0.1, -0.05) is 0 Å². The van der Waals surface area contributed by atoms with E-state index >= 15 is 0 Å². The first-order chi connectivity index (χ1) is 13.6. The molecule has 158 valence electrons. The number of carboxylic acids is 2. The summed E-state index contributed by atoms with van der Waals surface area (Å²) >= 11 is 13.2. The third kappa shape index (κ3) is 5.96. The number of hydrogen-bond acceptors (Lipinski definition) is 9. The third-order valence-electron chi connectivity index (χ3n) is 4.00. The zero-order chi connectivity index (χ0) is 21.7. The quantitative estimate of drug-likeness (QED) is 0.210. The van der Waals surface area contributed by atoms with Crippen molar-refractivity contribution in [2.75, 3.05) is 0 Å². The molecule has 5 unspecified atom stereocenters. The predicted octanol–water partition coefficient (Wildman–Crippen LogP) is -0.554. The second kappa shape index (κ2) is 9.77. The molecule has 13 nitrogen and oxygen atoms in total. The molecule has 2 bridgehead atoms. The maximum atomic E-state index is 10.9. The van der Waals surface area contributed by atoms with Crippen molar-refractivity contribution >= 4 is 49.0 Å². The van der Waals surface area contributed by atoms with E-state index in [4.69, 9.17) is 14.9 Å². The lowest BCUT2D eigenvalue weighted by atomic mass is 9.79. The molecule has 2 aliphatic rings. The Morgan fingerprint density at radius 1 is 1.10 bits per heavy atom. The number of aromatic amines is 5. The van der Waals surface area contributed by atoms with Gasteiger partial charge in [-0.3, -0.25) is 34.7 Å². The first kappa shape index (κ1) is 22.7. The van der Waals surface area contributed by atoms with E-state index in [-0.39, 0.29) is 10.0 Å². The van der Waals surface area contributed by atoms with Crippen molar-refractivity contribution < 1.29 is 24.5 Å². The molecule has 0 aromatic carbocycles. The summed E-state index contributed by atoms with van der Waals surface area (Å²) in [5.74, 6) is -4.07. The fourth-order valence-corrected chi connectivity index (χ4v) is 3.70. The number of ether oxygens (including phenoxy) is 1. The van der Waals surface area contributed by atoms with Crippen LogP contribution in [-0.4, -0.2) is 69.7 Å². The number of hydrogen-bond donors (Lipinski definition) is 8. The van der Waals surface area contributed by atoms with Crippen LogP contribution in [0.1, 0.15) is 6.42 Å². The minimum atomic E-state index is -1.11. The van der Waals surface area contributed by atoms with Gasteiger partial charge in [0.25, 0.3) is 0 Å². The second-order valence-corrected chi connectivity index (χ2v) is 7.32. The van der Waals surface area contributed by atoms with Crippen molar-refractivity contribution in [3.8, 4) is 0 Å². The molecule has 5 atom stereocenters. The van der Waals surface area contributed by atoms with Gasteiger partial charge in [0.15, 0.2) is 4.77 Å². The molecule has 2 saturated heterocycles. The van der Waals surface area contributed by atoms with Crippen LogP contribution in [0.5, 0.6) is 0 Å². The van der Waals surface area contributed by atoms with Crippen LogP contribution < -0.4 is 11.4 Å². The molecule has 0 saturated carbocycles. The molecule has 0 radical (unpaired) electrons. The molecule has 4 heterocycles. The van der Waals surface area contributed by atoms with Gasteiger partial charge in [0.1, 0.15) is 6.33 Å². The smallest absolute Gasteiger partial charge is 0.329 e. The monoisotopic (exact) mass is 464 g/mol. The molecule has 7 N–H and O–H groups in total. The van der Waals surface area contributed by atoms with Gasteiger partial charge in [0.05, 0.1) is 24.0 Å². The van der Waals surface area contributed by atoms with E-state index in [1.807, 2.05) is 4.98 Å². The van der Waals surface area contributed by atoms with E-state index in [2.05, 4.69) is 62.2 Å². The van der Waals surface area contributed by atoms with Gasteiger partial charge in [0, 0.05) is 5.25 Å². The molecule has 2 aromatic rings. The Morgan fingerprint density at radius 3 is 2.07 bits per heavy atom. The van der Waals surface area contributed by atoms with Crippen LogP contribution in [0.25, 0.3) is 0 Å². The maximum absolute atomic E-state index is 10.9. The predicted molar refractivity (Wildman–Crippen MR) is 105 cm³/mol. The molecular formula is C13H16N6O7S3. The van der Waals surface area contributed by atoms with Crippen LogP contribution >= 0.6 is 37.1 Å². The summed E-state index contributed by atoms with van der Waals surface area (Å²) in [6.07, 6.45) is 0.986. The number of nitrogens with zero attached hydrogens (tertiary/aromatic N) is 1. The topological polar surface area (TPSA) is 210 Å². The second-order valence-electron chi connectivity index (χ2n) is 5.87. The minimum absolute atomic E-state index is 0.0313. The van der Waals surface area contributed by atoms with Gasteiger partial charge < -0.3 is 14.9 Å². The van der Waals surface area contributed by atoms with E-state index in [1.165, 1.54) is 6.33 Å². The Balaban J connectivity index is 0.000000171. The number of rotatable bonds is 2. The Labute approximate surface area is 176 Å². The number of aliphatic carboxylic acids is 2. The molecule has 0 spiro atoms. The van der Waals surface area contributed by atoms with E-state index in [9.17, 15) is 19.2 Å². The van der Waals surface area contributed by atoms with E-state index < -0.39 is 47.4 Å². The highest BCUT2D eigenvalue weighted by Crippen LogP contribution is 2.45. The van der Waals surface area contributed by atoms with Crippen LogP contribution in [0.4, 0.5) is 0 Å². The third-order valence-corrected chi connectivity index (χ3v) is 4.92. The van der Waals surface area contributed by atoms with Gasteiger partial charge in [-0.2, -0.15) is 12.6 Å². The average molecular weight is 465 g/mol. The lowest BCUT2D eigenvalue weighted by Crippen LogP contribution is -2.42. The van der Waals surface area contributed by atoms with Crippen molar-refractivity contribution in [2.45, 2.75) is 23.9 Å². The Morgan fingerprint density at radius 2 is 1.69 bits per heavy atom. The molecule has 16 heteroatoms. The summed E-state index contributed by atoms with van der Waals surface area (Å²) in [6, 6.07) is 0. The molecule has 2 aromatic heterocycles. The fraction of sp³-hybridized carbons (Fsp3) is 0.462. The van der Waals surface area contributed by atoms with Crippen molar-refractivity contribution in [2.24, 2.45) is 11.8 Å². The molecule has 0 aliphatic carbocycles. The molecular weight excluding hydrogens is 448 g/mol. The molecule has 2 aliphatic heterocycles. The standard InChI is InChI=1S/C8H10O5S.C3H3N3O2S.C2H3N3S/c9-7(10)4-2-1-3(14)6(13-2)5(4)8(11)12;7-1-4-2(8)6-3(9)5-1;6-2-3-1-4-5-2/h2-6,14H,1H2,(H,9,10)(H,11,12);(H3,4,5,6,7,8,9);1H,(H2,3,4,5,6). The van der Waals surface area contributed by atoms with Crippen LogP contribution in [0.3, 0.4) is 0 Å². The number of fused-ring (bicyclic) bond motifs is 2. The van der Waals surface area contributed by atoms with Crippen molar-refractivity contribution in [1.29, 1.82) is 0 Å². The van der Waals surface area contributed by atoms with Gasteiger partial charge in [-0.15, -0.1) is 0 Å². The van der Waals surface area contributed by atoms with Crippen LogP contribution in [0, 0.1) is 21.4 Å². The number of nitrogens with one attached hydrogen (secondary N) is 5. The van der Waals surface area contributed by atoms with E-state index in [0.717, 1.165) is 0 Å². The average Bonchev–Trinajstić information content (AvgIpc) is 3.29.